The molecule has 1 fully saturated rings. The summed E-state index contributed by atoms with van der Waals surface area (Å²) < 4.78 is 22.6. The zero-order valence-electron chi connectivity index (χ0n) is 11.6. The molecule has 6 heteroatoms. The molecule has 1 atom stereocenters. The molecule has 1 heterocycles. The maximum Gasteiger partial charge on any atom is 0.227 e. The molecule has 1 aromatic rings. The van der Waals surface area contributed by atoms with Crippen LogP contribution in [0.4, 0.5) is 5.69 Å². The van der Waals surface area contributed by atoms with Crippen molar-refractivity contribution < 1.29 is 13.2 Å². The minimum absolute atomic E-state index is 0.00479. The average Bonchev–Trinajstić information content (AvgIpc) is 2.78. The summed E-state index contributed by atoms with van der Waals surface area (Å²) in [4.78, 5) is 13.6. The molecule has 2 rings (SSSR count). The van der Waals surface area contributed by atoms with Crippen LogP contribution in [-0.4, -0.2) is 45.5 Å². The summed E-state index contributed by atoms with van der Waals surface area (Å²) in [7, 11) is -1.12. The van der Waals surface area contributed by atoms with Crippen LogP contribution in [-0.2, 0) is 14.6 Å². The number of hydrogen-bond donors (Lipinski definition) is 1. The fourth-order valence-corrected chi connectivity index (χ4v) is 4.01. The number of carbonyl (C=O) groups excluding carboxylic acids is 1. The Morgan fingerprint density at radius 2 is 2.05 bits per heavy atom. The smallest absolute Gasteiger partial charge is 0.227 e. The molecule has 1 unspecified atom stereocenters. The van der Waals surface area contributed by atoms with Crippen LogP contribution in [0.25, 0.3) is 0 Å². The molecule has 1 aromatic carbocycles. The molecule has 0 bridgehead atoms. The van der Waals surface area contributed by atoms with E-state index < -0.39 is 9.84 Å². The number of amides is 1. The average molecular weight is 296 g/mol. The van der Waals surface area contributed by atoms with E-state index in [9.17, 15) is 13.2 Å². The van der Waals surface area contributed by atoms with Crippen molar-refractivity contribution in [2.75, 3.05) is 30.0 Å². The van der Waals surface area contributed by atoms with Crippen LogP contribution in [0.15, 0.2) is 30.3 Å². The fraction of sp³-hybridized carbons (Fsp3) is 0.500. The molecule has 20 heavy (non-hydrogen) atoms. The molecular weight excluding hydrogens is 276 g/mol. The number of hydrogen-bond acceptors (Lipinski definition) is 4. The van der Waals surface area contributed by atoms with Gasteiger partial charge in [0.2, 0.25) is 5.91 Å². The Hall–Kier alpha value is -1.40. The standard InChI is InChI=1S/C14H20N2O3S/c1-16(13-5-3-2-4-6-13)14(17)7-9-15-12-8-10-20(18,19)11-12/h2-6,12,15H,7-11H2,1H3. The van der Waals surface area contributed by atoms with Crippen LogP contribution in [0.2, 0.25) is 0 Å². The van der Waals surface area contributed by atoms with Gasteiger partial charge in [-0.2, -0.15) is 0 Å². The topological polar surface area (TPSA) is 66.5 Å². The Morgan fingerprint density at radius 3 is 2.65 bits per heavy atom. The van der Waals surface area contributed by atoms with Crippen molar-refractivity contribution in [2.45, 2.75) is 18.9 Å². The Bertz CT molecular complexity index is 557. The second kappa shape index (κ2) is 6.37. The summed E-state index contributed by atoms with van der Waals surface area (Å²) in [6.07, 6.45) is 1.01. The highest BCUT2D eigenvalue weighted by atomic mass is 32.2. The first-order chi connectivity index (χ1) is 9.48. The molecule has 0 spiro atoms. The summed E-state index contributed by atoms with van der Waals surface area (Å²) in [5, 5.41) is 3.15. The summed E-state index contributed by atoms with van der Waals surface area (Å²) >= 11 is 0. The minimum Gasteiger partial charge on any atom is -0.315 e. The highest BCUT2D eigenvalue weighted by Gasteiger charge is 2.27. The van der Waals surface area contributed by atoms with Gasteiger partial charge in [-0.05, 0) is 18.6 Å². The Morgan fingerprint density at radius 1 is 1.35 bits per heavy atom. The number of sulfone groups is 1. The number of rotatable bonds is 5. The summed E-state index contributed by atoms with van der Waals surface area (Å²) in [6.45, 7) is 0.510. The van der Waals surface area contributed by atoms with Crippen LogP contribution in [0.5, 0.6) is 0 Å². The van der Waals surface area contributed by atoms with E-state index in [1.165, 1.54) is 0 Å². The molecule has 5 nitrogen and oxygen atoms in total. The van der Waals surface area contributed by atoms with E-state index in [0.29, 0.717) is 19.4 Å². The van der Waals surface area contributed by atoms with Gasteiger partial charge in [0.05, 0.1) is 11.5 Å². The van der Waals surface area contributed by atoms with Crippen molar-refractivity contribution in [2.24, 2.45) is 0 Å². The SMILES string of the molecule is CN(C(=O)CCNC1CCS(=O)(=O)C1)c1ccccc1. The van der Waals surface area contributed by atoms with E-state index in [1.54, 1.807) is 11.9 Å². The summed E-state index contributed by atoms with van der Waals surface area (Å²) in [5.74, 6) is 0.461. The van der Waals surface area contributed by atoms with Crippen LogP contribution in [0, 0.1) is 0 Å². The van der Waals surface area contributed by atoms with E-state index in [1.807, 2.05) is 30.3 Å². The van der Waals surface area contributed by atoms with Crippen molar-refractivity contribution in [1.29, 1.82) is 0 Å². The maximum absolute atomic E-state index is 12.0. The quantitative estimate of drug-likeness (QED) is 0.873. The van der Waals surface area contributed by atoms with E-state index >= 15 is 0 Å². The highest BCUT2D eigenvalue weighted by molar-refractivity contribution is 7.91. The van der Waals surface area contributed by atoms with Crippen molar-refractivity contribution in [3.8, 4) is 0 Å². The number of para-hydroxylation sites is 1. The minimum atomic E-state index is -2.86. The van der Waals surface area contributed by atoms with Gasteiger partial charge < -0.3 is 10.2 Å². The van der Waals surface area contributed by atoms with Crippen molar-refractivity contribution in [1.82, 2.24) is 5.32 Å². The number of nitrogens with one attached hydrogen (secondary N) is 1. The van der Waals surface area contributed by atoms with Gasteiger partial charge in [0.1, 0.15) is 0 Å². The molecule has 110 valence electrons. The van der Waals surface area contributed by atoms with Gasteiger partial charge in [-0.25, -0.2) is 8.42 Å². The molecular formula is C14H20N2O3S. The van der Waals surface area contributed by atoms with E-state index in [4.69, 9.17) is 0 Å². The van der Waals surface area contributed by atoms with Gasteiger partial charge in [0.25, 0.3) is 0 Å². The molecule has 1 aliphatic heterocycles. The molecule has 0 aliphatic carbocycles. The fourth-order valence-electron chi connectivity index (χ4n) is 2.30. The Kier molecular flexibility index (Phi) is 4.77. The highest BCUT2D eigenvalue weighted by Crippen LogP contribution is 2.13. The van der Waals surface area contributed by atoms with E-state index in [2.05, 4.69) is 5.32 Å². The van der Waals surface area contributed by atoms with Gasteiger partial charge in [-0.15, -0.1) is 0 Å². The monoisotopic (exact) mass is 296 g/mol. The molecule has 0 radical (unpaired) electrons. The Labute approximate surface area is 119 Å². The normalized spacial score (nSPS) is 20.8. The van der Waals surface area contributed by atoms with Crippen molar-refractivity contribution in [3.63, 3.8) is 0 Å². The van der Waals surface area contributed by atoms with Crippen LogP contribution in [0.3, 0.4) is 0 Å². The van der Waals surface area contributed by atoms with Crippen molar-refractivity contribution >= 4 is 21.4 Å². The predicted octanol–water partition coefficient (Wildman–Crippen LogP) is 0.816. The number of nitrogens with zero attached hydrogens (tertiary/aromatic N) is 1. The third-order valence-corrected chi connectivity index (χ3v) is 5.29. The number of benzene rings is 1. The molecule has 0 aromatic heterocycles. The lowest BCUT2D eigenvalue weighted by molar-refractivity contribution is -0.118. The lowest BCUT2D eigenvalue weighted by Crippen LogP contribution is -2.35. The van der Waals surface area contributed by atoms with Gasteiger partial charge >= 0.3 is 0 Å². The van der Waals surface area contributed by atoms with Crippen molar-refractivity contribution in [3.05, 3.63) is 30.3 Å². The van der Waals surface area contributed by atoms with Crippen LogP contribution >= 0.6 is 0 Å². The largest absolute Gasteiger partial charge is 0.315 e. The Balaban J connectivity index is 1.76. The van der Waals surface area contributed by atoms with Gasteiger partial charge in [-0.3, -0.25) is 4.79 Å². The van der Waals surface area contributed by atoms with Gasteiger partial charge in [-0.1, -0.05) is 18.2 Å². The lowest BCUT2D eigenvalue weighted by atomic mass is 10.2. The molecule has 0 saturated carbocycles. The zero-order chi connectivity index (χ0) is 14.6. The molecule has 1 aliphatic rings. The van der Waals surface area contributed by atoms with E-state index in [0.717, 1.165) is 5.69 Å². The lowest BCUT2D eigenvalue weighted by Gasteiger charge is -2.18. The number of anilines is 1. The van der Waals surface area contributed by atoms with Gasteiger partial charge in [0, 0.05) is 31.7 Å². The first kappa shape index (κ1) is 15.0. The van der Waals surface area contributed by atoms with E-state index in [-0.39, 0.29) is 23.5 Å². The van der Waals surface area contributed by atoms with Crippen LogP contribution in [0.1, 0.15) is 12.8 Å². The number of carbonyl (C=O) groups is 1. The summed E-state index contributed by atoms with van der Waals surface area (Å²) in [6, 6.07) is 9.45. The third-order valence-electron chi connectivity index (χ3n) is 3.52. The first-order valence-corrected chi connectivity index (χ1v) is 8.55. The molecule has 1 N–H and O–H groups in total. The maximum atomic E-state index is 12.0. The van der Waals surface area contributed by atoms with Gasteiger partial charge in [0.15, 0.2) is 9.84 Å². The van der Waals surface area contributed by atoms with Crippen LogP contribution < -0.4 is 10.2 Å². The first-order valence-electron chi connectivity index (χ1n) is 6.73. The third kappa shape index (κ3) is 4.05. The zero-order valence-corrected chi connectivity index (χ0v) is 12.4. The predicted molar refractivity (Wildman–Crippen MR) is 79.5 cm³/mol. The molecule has 1 amide bonds. The summed E-state index contributed by atoms with van der Waals surface area (Å²) in [5.41, 5.74) is 0.862. The molecule has 1 saturated heterocycles. The second-order valence-electron chi connectivity index (χ2n) is 5.09. The second-order valence-corrected chi connectivity index (χ2v) is 7.32.